The Bertz CT molecular complexity index is 249. The van der Waals surface area contributed by atoms with Gasteiger partial charge in [0.05, 0.1) is 0 Å². The van der Waals surface area contributed by atoms with Gasteiger partial charge < -0.3 is 11.1 Å². The summed E-state index contributed by atoms with van der Waals surface area (Å²) >= 11 is 0. The van der Waals surface area contributed by atoms with Gasteiger partial charge in [-0.05, 0) is 37.6 Å². The molecular weight excluding hydrogens is 212 g/mol. The highest BCUT2D eigenvalue weighted by atomic mass is 16.1. The molecule has 0 spiro atoms. The van der Waals surface area contributed by atoms with E-state index < -0.39 is 0 Å². The molecule has 98 valence electrons. The lowest BCUT2D eigenvalue weighted by atomic mass is 10.0. The fraction of sp³-hybridized carbons (Fsp3) is 0.929. The zero-order chi connectivity index (χ0) is 12.1. The van der Waals surface area contributed by atoms with E-state index >= 15 is 0 Å². The predicted octanol–water partition coefficient (Wildman–Crippen LogP) is 2.20. The average molecular weight is 238 g/mol. The van der Waals surface area contributed by atoms with Crippen LogP contribution in [0.2, 0.25) is 0 Å². The van der Waals surface area contributed by atoms with Gasteiger partial charge in [-0.3, -0.25) is 4.79 Å². The minimum absolute atomic E-state index is 0.252. The Hall–Kier alpha value is -0.570. The van der Waals surface area contributed by atoms with Crippen molar-refractivity contribution in [3.63, 3.8) is 0 Å². The second-order valence-electron chi connectivity index (χ2n) is 5.79. The molecule has 2 saturated carbocycles. The fourth-order valence-electron chi connectivity index (χ4n) is 3.42. The van der Waals surface area contributed by atoms with Gasteiger partial charge in [0.25, 0.3) is 0 Å². The average Bonchev–Trinajstić information content (AvgIpc) is 2.97. The largest absolute Gasteiger partial charge is 0.353 e. The van der Waals surface area contributed by atoms with E-state index in [0.717, 1.165) is 25.2 Å². The van der Waals surface area contributed by atoms with E-state index in [-0.39, 0.29) is 5.91 Å². The summed E-state index contributed by atoms with van der Waals surface area (Å²) in [5.74, 6) is 1.59. The van der Waals surface area contributed by atoms with Crippen molar-refractivity contribution < 1.29 is 4.79 Å². The fourth-order valence-corrected chi connectivity index (χ4v) is 3.42. The summed E-state index contributed by atoms with van der Waals surface area (Å²) in [7, 11) is 0. The normalized spacial score (nSPS) is 29.7. The first kappa shape index (κ1) is 12.9. The van der Waals surface area contributed by atoms with Crippen molar-refractivity contribution in [3.8, 4) is 0 Å². The van der Waals surface area contributed by atoms with Crippen LogP contribution in [0.3, 0.4) is 0 Å². The van der Waals surface area contributed by atoms with E-state index in [9.17, 15) is 4.79 Å². The highest BCUT2D eigenvalue weighted by molar-refractivity contribution is 5.76. The van der Waals surface area contributed by atoms with Crippen LogP contribution in [0.15, 0.2) is 0 Å². The summed E-state index contributed by atoms with van der Waals surface area (Å²) in [5, 5.41) is 3.18. The molecule has 0 aromatic rings. The Morgan fingerprint density at radius 1 is 1.12 bits per heavy atom. The maximum absolute atomic E-state index is 11.9. The van der Waals surface area contributed by atoms with E-state index in [2.05, 4.69) is 5.32 Å². The lowest BCUT2D eigenvalue weighted by Gasteiger charge is -2.19. The molecule has 3 nitrogen and oxygen atoms in total. The van der Waals surface area contributed by atoms with Crippen LogP contribution in [0.1, 0.15) is 57.8 Å². The van der Waals surface area contributed by atoms with E-state index in [4.69, 9.17) is 5.73 Å². The van der Waals surface area contributed by atoms with Crippen LogP contribution in [-0.2, 0) is 4.79 Å². The molecule has 2 aliphatic rings. The third kappa shape index (κ3) is 3.70. The number of nitrogens with one attached hydrogen (secondary N) is 1. The molecule has 17 heavy (non-hydrogen) atoms. The Labute approximate surface area is 105 Å². The molecular formula is C14H26N2O. The predicted molar refractivity (Wildman–Crippen MR) is 69.5 cm³/mol. The van der Waals surface area contributed by atoms with Gasteiger partial charge in [0, 0.05) is 12.5 Å². The highest BCUT2D eigenvalue weighted by Gasteiger charge is 2.27. The molecule has 0 aromatic carbocycles. The van der Waals surface area contributed by atoms with Crippen molar-refractivity contribution in [2.24, 2.45) is 17.6 Å². The Morgan fingerprint density at radius 2 is 1.88 bits per heavy atom. The molecule has 0 saturated heterocycles. The third-order valence-electron chi connectivity index (χ3n) is 4.56. The first-order chi connectivity index (χ1) is 8.29. The van der Waals surface area contributed by atoms with Crippen LogP contribution in [0.5, 0.6) is 0 Å². The van der Waals surface area contributed by atoms with E-state index in [1.807, 2.05) is 0 Å². The molecule has 0 bridgehead atoms. The second kappa shape index (κ2) is 6.39. The highest BCUT2D eigenvalue weighted by Crippen LogP contribution is 2.29. The zero-order valence-electron chi connectivity index (χ0n) is 10.8. The summed E-state index contributed by atoms with van der Waals surface area (Å²) < 4.78 is 0. The van der Waals surface area contributed by atoms with Gasteiger partial charge in [-0.15, -0.1) is 0 Å². The van der Waals surface area contributed by atoms with Gasteiger partial charge in [0.15, 0.2) is 0 Å². The number of carbonyl (C=O) groups excluding carboxylic acids is 1. The van der Waals surface area contributed by atoms with Crippen molar-refractivity contribution in [2.45, 2.75) is 63.8 Å². The van der Waals surface area contributed by atoms with Crippen molar-refractivity contribution in [1.82, 2.24) is 5.32 Å². The number of rotatable bonds is 5. The van der Waals surface area contributed by atoms with E-state index in [1.165, 1.54) is 38.5 Å². The maximum atomic E-state index is 11.9. The van der Waals surface area contributed by atoms with Crippen LogP contribution >= 0.6 is 0 Å². The van der Waals surface area contributed by atoms with E-state index in [1.54, 1.807) is 0 Å². The molecule has 2 rings (SSSR count). The van der Waals surface area contributed by atoms with Gasteiger partial charge in [0.2, 0.25) is 5.91 Å². The summed E-state index contributed by atoms with van der Waals surface area (Å²) in [4.78, 5) is 11.9. The number of hydrogen-bond donors (Lipinski definition) is 2. The molecule has 2 atom stereocenters. The lowest BCUT2D eigenvalue weighted by Crippen LogP contribution is -2.39. The standard InChI is InChI=1S/C14H26N2O/c15-10-12-6-3-7-13(12)16-14(17)9-8-11-4-1-2-5-11/h11-13H,1-10,15H2,(H,16,17). The van der Waals surface area contributed by atoms with Crippen LogP contribution in [0, 0.1) is 11.8 Å². The van der Waals surface area contributed by atoms with Crippen LogP contribution < -0.4 is 11.1 Å². The smallest absolute Gasteiger partial charge is 0.220 e. The van der Waals surface area contributed by atoms with E-state index in [0.29, 0.717) is 18.5 Å². The molecule has 2 unspecified atom stereocenters. The Morgan fingerprint density at radius 3 is 2.59 bits per heavy atom. The minimum Gasteiger partial charge on any atom is -0.353 e. The van der Waals surface area contributed by atoms with Gasteiger partial charge in [-0.2, -0.15) is 0 Å². The van der Waals surface area contributed by atoms with Gasteiger partial charge in [-0.1, -0.05) is 32.1 Å². The molecule has 3 heteroatoms. The first-order valence-electron chi connectivity index (χ1n) is 7.29. The number of hydrogen-bond acceptors (Lipinski definition) is 2. The van der Waals surface area contributed by atoms with Crippen LogP contribution in [0.25, 0.3) is 0 Å². The lowest BCUT2D eigenvalue weighted by molar-refractivity contribution is -0.122. The van der Waals surface area contributed by atoms with Gasteiger partial charge >= 0.3 is 0 Å². The third-order valence-corrected chi connectivity index (χ3v) is 4.56. The monoisotopic (exact) mass is 238 g/mol. The van der Waals surface area contributed by atoms with Crippen molar-refractivity contribution in [3.05, 3.63) is 0 Å². The molecule has 0 aliphatic heterocycles. The van der Waals surface area contributed by atoms with Gasteiger partial charge in [0.1, 0.15) is 0 Å². The van der Waals surface area contributed by atoms with Crippen LogP contribution in [0.4, 0.5) is 0 Å². The van der Waals surface area contributed by atoms with Gasteiger partial charge in [-0.25, -0.2) is 0 Å². The van der Waals surface area contributed by atoms with Crippen molar-refractivity contribution in [2.75, 3.05) is 6.54 Å². The van der Waals surface area contributed by atoms with Crippen molar-refractivity contribution >= 4 is 5.91 Å². The molecule has 2 fully saturated rings. The molecule has 0 heterocycles. The quantitative estimate of drug-likeness (QED) is 0.771. The Balaban J connectivity index is 1.65. The summed E-state index contributed by atoms with van der Waals surface area (Å²) in [6, 6.07) is 0.357. The molecule has 2 aliphatic carbocycles. The SMILES string of the molecule is NCC1CCCC1NC(=O)CCC1CCCC1. The van der Waals surface area contributed by atoms with Crippen molar-refractivity contribution in [1.29, 1.82) is 0 Å². The second-order valence-corrected chi connectivity index (χ2v) is 5.79. The molecule has 3 N–H and O–H groups in total. The first-order valence-corrected chi connectivity index (χ1v) is 7.29. The Kier molecular flexibility index (Phi) is 4.84. The number of amides is 1. The minimum atomic E-state index is 0.252. The summed E-state index contributed by atoms with van der Waals surface area (Å²) in [5.41, 5.74) is 5.72. The summed E-state index contributed by atoms with van der Waals surface area (Å²) in [6.07, 6.45) is 10.7. The topological polar surface area (TPSA) is 55.1 Å². The maximum Gasteiger partial charge on any atom is 0.220 e. The number of carbonyl (C=O) groups is 1. The van der Waals surface area contributed by atoms with Crippen LogP contribution in [-0.4, -0.2) is 18.5 Å². The number of nitrogens with two attached hydrogens (primary N) is 1. The summed E-state index contributed by atoms with van der Waals surface area (Å²) in [6.45, 7) is 0.716. The molecule has 0 aromatic heterocycles. The zero-order valence-corrected chi connectivity index (χ0v) is 10.8. The molecule has 1 amide bonds. The molecule has 0 radical (unpaired) electrons.